The highest BCUT2D eigenvalue weighted by atomic mass is 16.5. The zero-order valence-electron chi connectivity index (χ0n) is 9.12. The van der Waals surface area contributed by atoms with Gasteiger partial charge in [0.15, 0.2) is 0 Å². The summed E-state index contributed by atoms with van der Waals surface area (Å²) >= 11 is 0. The van der Waals surface area contributed by atoms with Crippen LogP contribution in [0.5, 0.6) is 0 Å². The van der Waals surface area contributed by atoms with Gasteiger partial charge in [-0.05, 0) is 12.1 Å². The largest absolute Gasteiger partial charge is 0.576 e. The first kappa shape index (κ1) is 10.6. The summed E-state index contributed by atoms with van der Waals surface area (Å²) in [7, 11) is 0. The number of benzene rings is 1. The molecule has 1 aromatic rings. The Morgan fingerprint density at radius 3 is 2.28 bits per heavy atom. The first-order valence-electron chi connectivity index (χ1n) is 5.29. The molecule has 2 heterocycles. The van der Waals surface area contributed by atoms with Gasteiger partial charge in [-0.25, -0.2) is 0 Å². The summed E-state index contributed by atoms with van der Waals surface area (Å²) in [6.45, 7) is -0.137. The number of aliphatic imine (C=N–C) groups is 1. The highest BCUT2D eigenvalue weighted by Crippen LogP contribution is 2.23. The number of hydrogen-bond acceptors (Lipinski definition) is 4. The predicted molar refractivity (Wildman–Crippen MR) is 59.1 cm³/mol. The number of carbonyl (C=O) groups is 3. The summed E-state index contributed by atoms with van der Waals surface area (Å²) in [6, 6.07) is 6.52. The third kappa shape index (κ3) is 1.42. The minimum Gasteiger partial charge on any atom is -0.576 e. The summed E-state index contributed by atoms with van der Waals surface area (Å²) in [6.07, 6.45) is 1.14. The molecule has 6 nitrogen and oxygen atoms in total. The standard InChI is InChI=1S/C12H7N2O4/c15-10-9(18-6-13-10)5-14-11(16)7-3-1-2-4-8(7)12(14)17/h1-4,9H,5H2/q-1. The van der Waals surface area contributed by atoms with Gasteiger partial charge in [-0.3, -0.25) is 14.5 Å². The van der Waals surface area contributed by atoms with E-state index < -0.39 is 23.8 Å². The van der Waals surface area contributed by atoms with Gasteiger partial charge >= 0.3 is 0 Å². The lowest BCUT2D eigenvalue weighted by atomic mass is 10.1. The number of ether oxygens (including phenoxy) is 1. The number of fused-ring (bicyclic) bond motifs is 1. The topological polar surface area (TPSA) is 76.0 Å². The zero-order valence-corrected chi connectivity index (χ0v) is 9.12. The fourth-order valence-electron chi connectivity index (χ4n) is 1.94. The summed E-state index contributed by atoms with van der Waals surface area (Å²) in [4.78, 5) is 39.5. The van der Waals surface area contributed by atoms with Crippen LogP contribution in [0.3, 0.4) is 0 Å². The van der Waals surface area contributed by atoms with E-state index in [2.05, 4.69) is 11.4 Å². The van der Waals surface area contributed by atoms with Crippen molar-refractivity contribution in [3.8, 4) is 0 Å². The van der Waals surface area contributed by atoms with Crippen molar-refractivity contribution in [1.29, 1.82) is 0 Å². The Morgan fingerprint density at radius 2 is 1.78 bits per heavy atom. The molecule has 0 aliphatic carbocycles. The molecular weight excluding hydrogens is 236 g/mol. The minimum absolute atomic E-state index is 0.137. The lowest BCUT2D eigenvalue weighted by Crippen LogP contribution is -2.39. The number of amides is 3. The highest BCUT2D eigenvalue weighted by Gasteiger charge is 2.36. The maximum absolute atomic E-state index is 12.0. The molecule has 18 heavy (non-hydrogen) atoms. The van der Waals surface area contributed by atoms with E-state index in [-0.39, 0.29) is 6.54 Å². The van der Waals surface area contributed by atoms with Crippen molar-refractivity contribution in [2.75, 3.05) is 6.54 Å². The summed E-state index contributed by atoms with van der Waals surface area (Å²) in [5.41, 5.74) is 0.690. The Bertz CT molecular complexity index is 558. The molecule has 0 spiro atoms. The van der Waals surface area contributed by atoms with Gasteiger partial charge in [0.05, 0.1) is 17.7 Å². The second-order valence-corrected chi connectivity index (χ2v) is 3.91. The van der Waals surface area contributed by atoms with E-state index >= 15 is 0 Å². The normalized spacial score (nSPS) is 21.4. The molecular formula is C12H7N2O4-. The number of carbonyl (C=O) groups excluding carboxylic acids is 3. The molecule has 0 saturated heterocycles. The molecule has 0 radical (unpaired) electrons. The van der Waals surface area contributed by atoms with Crippen LogP contribution in [0.25, 0.3) is 0 Å². The third-order valence-electron chi connectivity index (χ3n) is 2.85. The second-order valence-electron chi connectivity index (χ2n) is 3.91. The Kier molecular flexibility index (Phi) is 2.22. The lowest BCUT2D eigenvalue weighted by molar-refractivity contribution is -0.122. The maximum atomic E-state index is 12.0. The van der Waals surface area contributed by atoms with Crippen molar-refractivity contribution >= 4 is 24.1 Å². The van der Waals surface area contributed by atoms with Crippen molar-refractivity contribution in [2.24, 2.45) is 4.99 Å². The van der Waals surface area contributed by atoms with Crippen LogP contribution >= 0.6 is 0 Å². The van der Waals surface area contributed by atoms with Crippen LogP contribution in [0.2, 0.25) is 0 Å². The Balaban J connectivity index is 1.86. The Morgan fingerprint density at radius 1 is 1.17 bits per heavy atom. The van der Waals surface area contributed by atoms with E-state index in [1.54, 1.807) is 24.3 Å². The van der Waals surface area contributed by atoms with Crippen molar-refractivity contribution in [3.05, 3.63) is 35.4 Å². The molecule has 3 rings (SSSR count). The number of imide groups is 1. The quantitative estimate of drug-likeness (QED) is 0.545. The van der Waals surface area contributed by atoms with Crippen LogP contribution in [0.4, 0.5) is 0 Å². The minimum atomic E-state index is -0.938. The second kappa shape index (κ2) is 3.76. The van der Waals surface area contributed by atoms with Gasteiger partial charge in [-0.1, -0.05) is 12.1 Å². The molecule has 0 aromatic heterocycles. The fourth-order valence-corrected chi connectivity index (χ4v) is 1.94. The van der Waals surface area contributed by atoms with Crippen LogP contribution < -0.4 is 0 Å². The average Bonchev–Trinajstić information content (AvgIpc) is 2.89. The maximum Gasteiger partial charge on any atom is 0.261 e. The molecule has 2 aliphatic rings. The molecule has 1 atom stereocenters. The van der Waals surface area contributed by atoms with Gasteiger partial charge in [0.25, 0.3) is 11.8 Å². The number of nitrogens with zero attached hydrogens (tertiary/aromatic N) is 2. The van der Waals surface area contributed by atoms with Gasteiger partial charge in [0.1, 0.15) is 12.0 Å². The van der Waals surface area contributed by atoms with Crippen molar-refractivity contribution < 1.29 is 19.1 Å². The Labute approximate surface area is 102 Å². The van der Waals surface area contributed by atoms with Crippen molar-refractivity contribution in [2.45, 2.75) is 6.10 Å². The zero-order chi connectivity index (χ0) is 12.7. The lowest BCUT2D eigenvalue weighted by Gasteiger charge is -2.20. The van der Waals surface area contributed by atoms with Crippen LogP contribution in [-0.4, -0.2) is 41.7 Å². The summed E-state index contributed by atoms with van der Waals surface area (Å²) < 4.78 is 4.81. The van der Waals surface area contributed by atoms with E-state index in [0.29, 0.717) is 11.1 Å². The van der Waals surface area contributed by atoms with Crippen molar-refractivity contribution in [1.82, 2.24) is 4.90 Å². The highest BCUT2D eigenvalue weighted by molar-refractivity contribution is 6.21. The monoisotopic (exact) mass is 243 g/mol. The van der Waals surface area contributed by atoms with E-state index in [9.17, 15) is 14.4 Å². The number of rotatable bonds is 2. The molecule has 0 fully saturated rings. The molecule has 6 heteroatoms. The van der Waals surface area contributed by atoms with Gasteiger partial charge in [-0.15, -0.1) is 0 Å². The molecule has 0 bridgehead atoms. The van der Waals surface area contributed by atoms with Gasteiger partial charge in [0, 0.05) is 6.40 Å². The molecule has 1 unspecified atom stereocenters. The summed E-state index contributed by atoms with van der Waals surface area (Å²) in [5, 5.41) is 0. The molecule has 0 saturated carbocycles. The molecule has 2 aliphatic heterocycles. The first-order chi connectivity index (χ1) is 8.68. The fraction of sp³-hybridized carbons (Fsp3) is 0.167. The smallest absolute Gasteiger partial charge is 0.261 e. The third-order valence-corrected chi connectivity index (χ3v) is 2.85. The van der Waals surface area contributed by atoms with Gasteiger partial charge in [0.2, 0.25) is 0 Å². The van der Waals surface area contributed by atoms with E-state index in [1.165, 1.54) is 0 Å². The number of hydrogen-bond donors (Lipinski definition) is 0. The van der Waals surface area contributed by atoms with E-state index in [1.807, 2.05) is 0 Å². The Hall–Kier alpha value is -2.50. The van der Waals surface area contributed by atoms with E-state index in [4.69, 9.17) is 4.74 Å². The average molecular weight is 243 g/mol. The molecule has 90 valence electrons. The van der Waals surface area contributed by atoms with E-state index in [0.717, 1.165) is 4.90 Å². The van der Waals surface area contributed by atoms with Crippen LogP contribution in [0.15, 0.2) is 29.3 Å². The van der Waals surface area contributed by atoms with Gasteiger partial charge in [-0.2, -0.15) is 0 Å². The van der Waals surface area contributed by atoms with Gasteiger partial charge < -0.3 is 14.5 Å². The van der Waals surface area contributed by atoms with Crippen LogP contribution in [-0.2, 0) is 9.53 Å². The molecule has 3 amide bonds. The SMILES string of the molecule is O=C1N=[C-]OC1CN1C(=O)c2ccccc2C1=O. The van der Waals surface area contributed by atoms with Crippen LogP contribution in [0, 0.1) is 0 Å². The van der Waals surface area contributed by atoms with Crippen LogP contribution in [0.1, 0.15) is 20.7 Å². The first-order valence-corrected chi connectivity index (χ1v) is 5.29. The summed E-state index contributed by atoms with van der Waals surface area (Å²) in [5.74, 6) is -1.37. The van der Waals surface area contributed by atoms with Crippen molar-refractivity contribution in [3.63, 3.8) is 0 Å². The molecule has 0 N–H and O–H groups in total. The molecule has 1 aromatic carbocycles. The predicted octanol–water partition coefficient (Wildman–Crippen LogP) is 0.113.